The van der Waals surface area contributed by atoms with Crippen molar-refractivity contribution in [3.05, 3.63) is 35.9 Å². The highest BCUT2D eigenvalue weighted by atomic mass is 16.5. The maximum Gasteiger partial charge on any atom is 0.239 e. The minimum atomic E-state index is -0.193. The zero-order valence-electron chi connectivity index (χ0n) is 13.8. The molecule has 2 N–H and O–H groups in total. The number of morpholine rings is 1. The van der Waals surface area contributed by atoms with E-state index in [0.717, 1.165) is 32.5 Å². The minimum Gasteiger partial charge on any atom is -0.378 e. The first-order valence-electron chi connectivity index (χ1n) is 8.62. The van der Waals surface area contributed by atoms with E-state index in [-0.39, 0.29) is 18.0 Å². The fraction of sp³-hybridized carbons (Fsp3) is 0.611. The number of carbonyl (C=O) groups is 1. The van der Waals surface area contributed by atoms with Crippen LogP contribution in [0.15, 0.2) is 30.3 Å². The summed E-state index contributed by atoms with van der Waals surface area (Å²) in [4.78, 5) is 14.8. The van der Waals surface area contributed by atoms with Gasteiger partial charge in [0.2, 0.25) is 5.91 Å². The molecule has 5 heteroatoms. The van der Waals surface area contributed by atoms with E-state index in [1.807, 2.05) is 0 Å². The van der Waals surface area contributed by atoms with Crippen molar-refractivity contribution in [2.45, 2.75) is 44.4 Å². The molecule has 1 aromatic carbocycles. The summed E-state index contributed by atoms with van der Waals surface area (Å²) >= 11 is 0. The lowest BCUT2D eigenvalue weighted by Crippen LogP contribution is -2.55. The average molecular weight is 317 g/mol. The van der Waals surface area contributed by atoms with Gasteiger partial charge in [0.05, 0.1) is 13.2 Å². The Hall–Kier alpha value is -1.43. The molecule has 23 heavy (non-hydrogen) atoms. The van der Waals surface area contributed by atoms with Gasteiger partial charge in [-0.1, -0.05) is 30.3 Å². The van der Waals surface area contributed by atoms with Crippen molar-refractivity contribution in [3.8, 4) is 0 Å². The van der Waals surface area contributed by atoms with E-state index in [4.69, 9.17) is 4.74 Å². The van der Waals surface area contributed by atoms with Crippen molar-refractivity contribution in [3.63, 3.8) is 0 Å². The third-order valence-corrected chi connectivity index (χ3v) is 4.83. The predicted octanol–water partition coefficient (Wildman–Crippen LogP) is 1.14. The van der Waals surface area contributed by atoms with Gasteiger partial charge in [0.25, 0.3) is 0 Å². The van der Waals surface area contributed by atoms with Gasteiger partial charge in [-0.25, -0.2) is 0 Å². The number of amides is 1. The highest BCUT2D eigenvalue weighted by Crippen LogP contribution is 2.20. The first-order valence-corrected chi connectivity index (χ1v) is 8.62. The van der Waals surface area contributed by atoms with E-state index in [1.54, 1.807) is 0 Å². The standard InChI is InChI=1S/C18H27N3O2/c1-14-11-16(20-18(22)17-13-23-10-8-19-17)7-9-21(14)12-15-5-3-2-4-6-15/h2-6,14,16-17,19H,7-13H2,1H3,(H,20,22). The molecule has 0 spiro atoms. The monoisotopic (exact) mass is 317 g/mol. The van der Waals surface area contributed by atoms with Crippen LogP contribution in [0.3, 0.4) is 0 Å². The maximum atomic E-state index is 12.3. The summed E-state index contributed by atoms with van der Waals surface area (Å²) in [5.74, 6) is 0.0819. The van der Waals surface area contributed by atoms with E-state index in [9.17, 15) is 4.79 Å². The highest BCUT2D eigenvalue weighted by Gasteiger charge is 2.29. The number of ether oxygens (including phenoxy) is 1. The number of nitrogens with one attached hydrogen (secondary N) is 2. The lowest BCUT2D eigenvalue weighted by atomic mass is 9.97. The molecule has 0 aliphatic carbocycles. The molecule has 3 atom stereocenters. The number of hydrogen-bond donors (Lipinski definition) is 2. The molecule has 0 bridgehead atoms. The third-order valence-electron chi connectivity index (χ3n) is 4.83. The lowest BCUT2D eigenvalue weighted by Gasteiger charge is -2.38. The van der Waals surface area contributed by atoms with Crippen LogP contribution in [0.4, 0.5) is 0 Å². The Kier molecular flexibility index (Phi) is 5.65. The summed E-state index contributed by atoms with van der Waals surface area (Å²) in [7, 11) is 0. The van der Waals surface area contributed by atoms with Crippen molar-refractivity contribution >= 4 is 5.91 Å². The van der Waals surface area contributed by atoms with Crippen LogP contribution in [-0.2, 0) is 16.1 Å². The Morgan fingerprint density at radius 3 is 2.91 bits per heavy atom. The van der Waals surface area contributed by atoms with E-state index in [1.165, 1.54) is 5.56 Å². The van der Waals surface area contributed by atoms with E-state index >= 15 is 0 Å². The second-order valence-electron chi connectivity index (χ2n) is 6.62. The summed E-state index contributed by atoms with van der Waals surface area (Å²) in [5, 5.41) is 6.41. The van der Waals surface area contributed by atoms with Gasteiger partial charge < -0.3 is 15.4 Å². The topological polar surface area (TPSA) is 53.6 Å². The molecule has 0 radical (unpaired) electrons. The largest absolute Gasteiger partial charge is 0.378 e. The van der Waals surface area contributed by atoms with E-state index in [2.05, 4.69) is 52.8 Å². The van der Waals surface area contributed by atoms with Crippen LogP contribution in [0.2, 0.25) is 0 Å². The van der Waals surface area contributed by atoms with Crippen molar-refractivity contribution in [1.82, 2.24) is 15.5 Å². The summed E-state index contributed by atoms with van der Waals surface area (Å²) in [6.07, 6.45) is 2.02. The van der Waals surface area contributed by atoms with Gasteiger partial charge in [0.15, 0.2) is 0 Å². The molecule has 2 fully saturated rings. The van der Waals surface area contributed by atoms with Gasteiger partial charge in [-0.15, -0.1) is 0 Å². The Labute approximate surface area is 138 Å². The Morgan fingerprint density at radius 1 is 1.39 bits per heavy atom. The first kappa shape index (κ1) is 16.4. The van der Waals surface area contributed by atoms with Gasteiger partial charge in [-0.2, -0.15) is 0 Å². The summed E-state index contributed by atoms with van der Waals surface area (Å²) in [5.41, 5.74) is 1.35. The first-order chi connectivity index (χ1) is 11.2. The average Bonchev–Trinajstić information content (AvgIpc) is 2.59. The van der Waals surface area contributed by atoms with Gasteiger partial charge in [0.1, 0.15) is 6.04 Å². The predicted molar refractivity (Wildman–Crippen MR) is 90.1 cm³/mol. The quantitative estimate of drug-likeness (QED) is 0.874. The Bertz CT molecular complexity index is 502. The van der Waals surface area contributed by atoms with Crippen molar-refractivity contribution in [2.75, 3.05) is 26.3 Å². The molecule has 0 aromatic heterocycles. The second kappa shape index (κ2) is 7.90. The number of nitrogens with zero attached hydrogens (tertiary/aromatic N) is 1. The van der Waals surface area contributed by atoms with Crippen molar-refractivity contribution < 1.29 is 9.53 Å². The Morgan fingerprint density at radius 2 is 2.22 bits per heavy atom. The number of likely N-dealkylation sites (tertiary alicyclic amines) is 1. The van der Waals surface area contributed by atoms with Crippen molar-refractivity contribution in [1.29, 1.82) is 0 Å². The maximum absolute atomic E-state index is 12.3. The van der Waals surface area contributed by atoms with Crippen LogP contribution in [0.5, 0.6) is 0 Å². The van der Waals surface area contributed by atoms with Crippen LogP contribution < -0.4 is 10.6 Å². The molecule has 2 aliphatic rings. The lowest BCUT2D eigenvalue weighted by molar-refractivity contribution is -0.127. The summed E-state index contributed by atoms with van der Waals surface area (Å²) in [6, 6.07) is 11.1. The highest BCUT2D eigenvalue weighted by molar-refractivity contribution is 5.82. The van der Waals surface area contributed by atoms with Gasteiger partial charge in [-0.05, 0) is 25.3 Å². The smallest absolute Gasteiger partial charge is 0.239 e. The number of piperidine rings is 1. The van der Waals surface area contributed by atoms with Crippen LogP contribution >= 0.6 is 0 Å². The normalized spacial score (nSPS) is 29.2. The van der Waals surface area contributed by atoms with Crippen molar-refractivity contribution in [2.24, 2.45) is 0 Å². The Balaban J connectivity index is 1.47. The molecular formula is C18H27N3O2. The number of hydrogen-bond acceptors (Lipinski definition) is 4. The zero-order valence-corrected chi connectivity index (χ0v) is 13.8. The second-order valence-corrected chi connectivity index (χ2v) is 6.62. The zero-order chi connectivity index (χ0) is 16.1. The SMILES string of the molecule is CC1CC(NC(=O)C2COCCN2)CCN1Cc1ccccc1. The fourth-order valence-corrected chi connectivity index (χ4v) is 3.44. The molecule has 3 rings (SSSR count). The third kappa shape index (κ3) is 4.53. The van der Waals surface area contributed by atoms with E-state index < -0.39 is 0 Å². The molecular weight excluding hydrogens is 290 g/mol. The summed E-state index contributed by atoms with van der Waals surface area (Å²) in [6.45, 7) is 6.19. The molecule has 126 valence electrons. The summed E-state index contributed by atoms with van der Waals surface area (Å²) < 4.78 is 5.37. The van der Waals surface area contributed by atoms with Gasteiger partial charge >= 0.3 is 0 Å². The van der Waals surface area contributed by atoms with Crippen LogP contribution in [0.25, 0.3) is 0 Å². The van der Waals surface area contributed by atoms with E-state index in [0.29, 0.717) is 19.3 Å². The molecule has 1 amide bonds. The van der Waals surface area contributed by atoms with Gasteiger partial charge in [0, 0.05) is 31.7 Å². The van der Waals surface area contributed by atoms with Crippen LogP contribution in [0, 0.1) is 0 Å². The molecule has 0 saturated carbocycles. The number of carbonyl (C=O) groups excluding carboxylic acids is 1. The number of rotatable bonds is 4. The number of benzene rings is 1. The molecule has 5 nitrogen and oxygen atoms in total. The molecule has 1 aromatic rings. The van der Waals surface area contributed by atoms with Crippen LogP contribution in [0.1, 0.15) is 25.3 Å². The minimum absolute atomic E-state index is 0.0819. The molecule has 3 unspecified atom stereocenters. The molecule has 2 heterocycles. The molecule has 2 saturated heterocycles. The fourth-order valence-electron chi connectivity index (χ4n) is 3.44. The van der Waals surface area contributed by atoms with Crippen LogP contribution in [-0.4, -0.2) is 55.2 Å². The van der Waals surface area contributed by atoms with Gasteiger partial charge in [-0.3, -0.25) is 9.69 Å². The molecule has 2 aliphatic heterocycles.